The number of hydrogen-bond acceptors (Lipinski definition) is 3. The highest BCUT2D eigenvalue weighted by Gasteiger charge is 2.12. The highest BCUT2D eigenvalue weighted by atomic mass is 16.2. The van der Waals surface area contributed by atoms with Crippen LogP contribution in [0.2, 0.25) is 0 Å². The third-order valence-electron chi connectivity index (χ3n) is 3.02. The van der Waals surface area contributed by atoms with E-state index < -0.39 is 0 Å². The molecule has 0 bridgehead atoms. The van der Waals surface area contributed by atoms with Crippen LogP contribution < -0.4 is 5.32 Å². The Hall–Kier alpha value is -2.58. The fourth-order valence-corrected chi connectivity index (χ4v) is 2.03. The van der Waals surface area contributed by atoms with Crippen molar-refractivity contribution in [3.05, 3.63) is 46.8 Å². The summed E-state index contributed by atoms with van der Waals surface area (Å²) in [5.74, 6) is 5.27. The fraction of sp³-hybridized carbons (Fsp3) is 0.250. The third kappa shape index (κ3) is 3.50. The van der Waals surface area contributed by atoms with Crippen LogP contribution in [0.15, 0.2) is 24.3 Å². The summed E-state index contributed by atoms with van der Waals surface area (Å²) in [4.78, 5) is 12.2. The maximum absolute atomic E-state index is 12.2. The van der Waals surface area contributed by atoms with Gasteiger partial charge in [0.1, 0.15) is 12.3 Å². The zero-order valence-corrected chi connectivity index (χ0v) is 12.3. The average molecular weight is 283 g/mol. The summed E-state index contributed by atoms with van der Waals surface area (Å²) in [5, 5.41) is 15.7. The van der Waals surface area contributed by atoms with Crippen molar-refractivity contribution in [1.29, 1.82) is 0 Å². The molecule has 1 amide bonds. The molecule has 0 saturated carbocycles. The van der Waals surface area contributed by atoms with Crippen LogP contribution >= 0.6 is 0 Å². The van der Waals surface area contributed by atoms with Crippen molar-refractivity contribution < 1.29 is 9.90 Å². The molecule has 0 unspecified atom stereocenters. The highest BCUT2D eigenvalue weighted by Crippen LogP contribution is 2.15. The van der Waals surface area contributed by atoms with Gasteiger partial charge in [-0.05, 0) is 43.7 Å². The van der Waals surface area contributed by atoms with Gasteiger partial charge in [-0.3, -0.25) is 9.48 Å². The number of anilines is 1. The molecule has 0 aliphatic heterocycles. The Morgan fingerprint density at radius 2 is 2.14 bits per heavy atom. The topological polar surface area (TPSA) is 67.2 Å². The van der Waals surface area contributed by atoms with Crippen molar-refractivity contribution in [2.24, 2.45) is 7.05 Å². The van der Waals surface area contributed by atoms with Gasteiger partial charge < -0.3 is 10.4 Å². The van der Waals surface area contributed by atoms with E-state index in [1.54, 1.807) is 23.9 Å². The maximum Gasteiger partial charge on any atom is 0.273 e. The van der Waals surface area contributed by atoms with Gasteiger partial charge in [-0.15, -0.1) is 0 Å². The van der Waals surface area contributed by atoms with Gasteiger partial charge in [0.05, 0.1) is 5.69 Å². The summed E-state index contributed by atoms with van der Waals surface area (Å²) in [6.07, 6.45) is 0. The number of amides is 1. The Morgan fingerprint density at radius 3 is 2.71 bits per heavy atom. The number of rotatable bonds is 2. The molecule has 0 radical (unpaired) electrons. The summed E-state index contributed by atoms with van der Waals surface area (Å²) >= 11 is 0. The van der Waals surface area contributed by atoms with E-state index in [0.717, 1.165) is 16.8 Å². The van der Waals surface area contributed by atoms with Gasteiger partial charge in [0.2, 0.25) is 0 Å². The molecule has 1 heterocycles. The number of aliphatic hydroxyl groups is 1. The number of benzene rings is 1. The second kappa shape index (κ2) is 6.25. The molecule has 0 spiro atoms. The number of carbonyl (C=O) groups excluding carboxylic acids is 1. The monoisotopic (exact) mass is 283 g/mol. The number of aliphatic hydroxyl groups excluding tert-OH is 1. The van der Waals surface area contributed by atoms with Crippen LogP contribution in [0.1, 0.15) is 27.3 Å². The molecule has 108 valence electrons. The minimum absolute atomic E-state index is 0.169. The Bertz CT molecular complexity index is 736. The van der Waals surface area contributed by atoms with Gasteiger partial charge in [-0.1, -0.05) is 11.8 Å². The summed E-state index contributed by atoms with van der Waals surface area (Å²) in [5.41, 5.74) is 3.78. The minimum atomic E-state index is -0.202. The van der Waals surface area contributed by atoms with Crippen molar-refractivity contribution in [3.63, 3.8) is 0 Å². The molecule has 2 N–H and O–H groups in total. The second-order valence-electron chi connectivity index (χ2n) is 4.74. The SMILES string of the molecule is Cc1cc(C(=O)Nc2ccc(C#CCO)c(C)c2)n(C)n1. The first-order valence-corrected chi connectivity index (χ1v) is 6.53. The van der Waals surface area contributed by atoms with E-state index in [9.17, 15) is 4.79 Å². The standard InChI is InChI=1S/C16H17N3O2/c1-11-9-14(7-6-13(11)5-4-8-20)17-16(21)15-10-12(2)18-19(15)3/h6-7,9-10,20H,8H2,1-3H3,(H,17,21). The van der Waals surface area contributed by atoms with Gasteiger partial charge in [0.15, 0.2) is 0 Å². The molecular formula is C16H17N3O2. The Labute approximate surface area is 123 Å². The number of aromatic nitrogens is 2. The molecule has 5 nitrogen and oxygen atoms in total. The lowest BCUT2D eigenvalue weighted by molar-refractivity contribution is 0.101. The Morgan fingerprint density at radius 1 is 1.38 bits per heavy atom. The molecule has 1 aromatic heterocycles. The van der Waals surface area contributed by atoms with E-state index in [2.05, 4.69) is 22.3 Å². The van der Waals surface area contributed by atoms with Crippen molar-refractivity contribution >= 4 is 11.6 Å². The predicted molar refractivity (Wildman–Crippen MR) is 81.0 cm³/mol. The summed E-state index contributed by atoms with van der Waals surface area (Å²) in [6, 6.07) is 7.20. The van der Waals surface area contributed by atoms with Gasteiger partial charge >= 0.3 is 0 Å². The smallest absolute Gasteiger partial charge is 0.273 e. The minimum Gasteiger partial charge on any atom is -0.384 e. The van der Waals surface area contributed by atoms with Gasteiger partial charge in [-0.2, -0.15) is 5.10 Å². The highest BCUT2D eigenvalue weighted by molar-refractivity contribution is 6.03. The molecular weight excluding hydrogens is 266 g/mol. The van der Waals surface area contributed by atoms with E-state index in [1.807, 2.05) is 26.0 Å². The molecule has 2 rings (SSSR count). The first-order valence-electron chi connectivity index (χ1n) is 6.53. The molecule has 5 heteroatoms. The summed E-state index contributed by atoms with van der Waals surface area (Å²) in [6.45, 7) is 3.58. The van der Waals surface area contributed by atoms with Crippen molar-refractivity contribution in [3.8, 4) is 11.8 Å². The number of nitrogens with one attached hydrogen (secondary N) is 1. The number of nitrogens with zero attached hydrogens (tertiary/aromatic N) is 2. The first-order chi connectivity index (χ1) is 10.0. The molecule has 2 aromatic rings. The normalized spacial score (nSPS) is 9.90. The molecule has 1 aromatic carbocycles. The van der Waals surface area contributed by atoms with E-state index in [-0.39, 0.29) is 12.5 Å². The number of hydrogen-bond donors (Lipinski definition) is 2. The van der Waals surface area contributed by atoms with Crippen molar-refractivity contribution in [1.82, 2.24) is 9.78 Å². The van der Waals surface area contributed by atoms with Crippen molar-refractivity contribution in [2.45, 2.75) is 13.8 Å². The Balaban J connectivity index is 2.18. The van der Waals surface area contributed by atoms with E-state index in [0.29, 0.717) is 11.4 Å². The van der Waals surface area contributed by atoms with Gasteiger partial charge in [0, 0.05) is 18.3 Å². The van der Waals surface area contributed by atoms with Crippen LogP contribution in [0.5, 0.6) is 0 Å². The molecule has 0 aliphatic carbocycles. The molecule has 0 aliphatic rings. The van der Waals surface area contributed by atoms with Crippen LogP contribution in [-0.4, -0.2) is 27.4 Å². The number of aryl methyl sites for hydroxylation is 3. The van der Waals surface area contributed by atoms with Gasteiger partial charge in [-0.25, -0.2) is 0 Å². The largest absolute Gasteiger partial charge is 0.384 e. The maximum atomic E-state index is 12.2. The lowest BCUT2D eigenvalue weighted by atomic mass is 10.1. The quantitative estimate of drug-likeness (QED) is 0.823. The first kappa shape index (κ1) is 14.8. The fourth-order valence-electron chi connectivity index (χ4n) is 2.03. The van der Waals surface area contributed by atoms with E-state index >= 15 is 0 Å². The van der Waals surface area contributed by atoms with E-state index in [4.69, 9.17) is 5.11 Å². The van der Waals surface area contributed by atoms with Gasteiger partial charge in [0.25, 0.3) is 5.91 Å². The molecule has 0 atom stereocenters. The van der Waals surface area contributed by atoms with Crippen LogP contribution in [0, 0.1) is 25.7 Å². The zero-order valence-electron chi connectivity index (χ0n) is 12.3. The third-order valence-corrected chi connectivity index (χ3v) is 3.02. The van der Waals surface area contributed by atoms with E-state index in [1.165, 1.54) is 0 Å². The molecule has 0 saturated heterocycles. The second-order valence-corrected chi connectivity index (χ2v) is 4.74. The summed E-state index contributed by atoms with van der Waals surface area (Å²) in [7, 11) is 1.74. The summed E-state index contributed by atoms with van der Waals surface area (Å²) < 4.78 is 1.55. The van der Waals surface area contributed by atoms with Crippen LogP contribution in [-0.2, 0) is 7.05 Å². The van der Waals surface area contributed by atoms with Crippen LogP contribution in [0.4, 0.5) is 5.69 Å². The molecule has 0 fully saturated rings. The Kier molecular flexibility index (Phi) is 4.41. The van der Waals surface area contributed by atoms with Crippen molar-refractivity contribution in [2.75, 3.05) is 11.9 Å². The predicted octanol–water partition coefficient (Wildman–Crippen LogP) is 1.63. The zero-order chi connectivity index (χ0) is 15.4. The average Bonchev–Trinajstić information content (AvgIpc) is 2.77. The molecule has 21 heavy (non-hydrogen) atoms. The number of carbonyl (C=O) groups is 1. The lowest BCUT2D eigenvalue weighted by Gasteiger charge is -2.07. The lowest BCUT2D eigenvalue weighted by Crippen LogP contribution is -2.16. The van der Waals surface area contributed by atoms with Crippen LogP contribution in [0.3, 0.4) is 0 Å². The van der Waals surface area contributed by atoms with Crippen LogP contribution in [0.25, 0.3) is 0 Å².